The van der Waals surface area contributed by atoms with Crippen molar-refractivity contribution in [3.05, 3.63) is 235 Å². The van der Waals surface area contributed by atoms with E-state index in [0.717, 1.165) is 50.1 Å². The summed E-state index contributed by atoms with van der Waals surface area (Å²) in [6.07, 6.45) is 0. The lowest BCUT2D eigenvalue weighted by Crippen LogP contribution is -2.28. The number of benzene rings is 9. The predicted molar refractivity (Wildman–Crippen MR) is 229 cm³/mol. The van der Waals surface area contributed by atoms with Gasteiger partial charge in [0.25, 0.3) is 0 Å². The van der Waals surface area contributed by atoms with Crippen LogP contribution in [0.25, 0.3) is 55.0 Å². The molecule has 0 radical (unpaired) electrons. The van der Waals surface area contributed by atoms with Gasteiger partial charge < -0.3 is 9.32 Å². The van der Waals surface area contributed by atoms with Crippen molar-refractivity contribution in [2.24, 2.45) is 0 Å². The molecule has 2 heteroatoms. The van der Waals surface area contributed by atoms with E-state index in [1.54, 1.807) is 0 Å². The summed E-state index contributed by atoms with van der Waals surface area (Å²) in [5.41, 5.74) is 14.7. The van der Waals surface area contributed by atoms with Crippen LogP contribution in [-0.4, -0.2) is 0 Å². The average molecular weight is 702 g/mol. The molecule has 9 aromatic carbocycles. The molecule has 1 aromatic heterocycles. The van der Waals surface area contributed by atoms with Crippen LogP contribution in [-0.2, 0) is 5.41 Å². The third-order valence-corrected chi connectivity index (χ3v) is 11.5. The van der Waals surface area contributed by atoms with Gasteiger partial charge in [0.2, 0.25) is 0 Å². The summed E-state index contributed by atoms with van der Waals surface area (Å²) in [6.45, 7) is 0. The first-order chi connectivity index (χ1) is 27.3. The van der Waals surface area contributed by atoms with Gasteiger partial charge in [-0.3, -0.25) is 0 Å². The number of para-hydroxylation sites is 1. The van der Waals surface area contributed by atoms with Crippen LogP contribution in [0.4, 0.5) is 17.1 Å². The van der Waals surface area contributed by atoms with Gasteiger partial charge in [-0.05, 0) is 98.4 Å². The van der Waals surface area contributed by atoms with Crippen molar-refractivity contribution >= 4 is 49.8 Å². The molecule has 0 bridgehead atoms. The van der Waals surface area contributed by atoms with E-state index in [4.69, 9.17) is 4.42 Å². The first-order valence-corrected chi connectivity index (χ1v) is 18.9. The van der Waals surface area contributed by atoms with Gasteiger partial charge in [-0.2, -0.15) is 0 Å². The fourth-order valence-electron chi connectivity index (χ4n) is 9.13. The third-order valence-electron chi connectivity index (χ3n) is 11.5. The highest BCUT2D eigenvalue weighted by molar-refractivity contribution is 6.06. The van der Waals surface area contributed by atoms with Gasteiger partial charge in [-0.1, -0.05) is 164 Å². The molecule has 1 aliphatic carbocycles. The Morgan fingerprint density at radius 1 is 0.364 bits per heavy atom. The van der Waals surface area contributed by atoms with E-state index in [0.29, 0.717) is 0 Å². The highest BCUT2D eigenvalue weighted by Crippen LogP contribution is 2.56. The summed E-state index contributed by atoms with van der Waals surface area (Å²) >= 11 is 0. The molecule has 0 atom stereocenters. The second-order valence-electron chi connectivity index (χ2n) is 14.4. The van der Waals surface area contributed by atoms with Gasteiger partial charge >= 0.3 is 0 Å². The molecule has 0 saturated carbocycles. The van der Waals surface area contributed by atoms with E-state index in [2.05, 4.69) is 205 Å². The maximum atomic E-state index is 6.17. The van der Waals surface area contributed by atoms with Gasteiger partial charge in [0.15, 0.2) is 0 Å². The van der Waals surface area contributed by atoms with Crippen LogP contribution < -0.4 is 4.90 Å². The van der Waals surface area contributed by atoms with Crippen LogP contribution in [0.3, 0.4) is 0 Å². The Bertz CT molecular complexity index is 3000. The van der Waals surface area contributed by atoms with E-state index in [-0.39, 0.29) is 0 Å². The van der Waals surface area contributed by atoms with Crippen molar-refractivity contribution in [1.82, 2.24) is 0 Å². The standard InChI is InChI=1S/C53H35NO/c1-2-17-39(18-3-1)53(48-24-9-6-21-44(48)45-22-7-10-25-49(45)53)40-29-31-41(32-30-40)54(50-26-13-15-36-14-4-5-20-43(36)50)42-19-12-16-37(34-42)38-28-33-52-47(35-38)46-23-8-11-27-51(46)55-52/h1-35H. The minimum Gasteiger partial charge on any atom is -0.456 e. The molecule has 1 heterocycles. The van der Waals surface area contributed by atoms with Crippen LogP contribution in [0.15, 0.2) is 217 Å². The first-order valence-electron chi connectivity index (χ1n) is 18.9. The molecule has 1 aliphatic rings. The maximum absolute atomic E-state index is 6.17. The van der Waals surface area contributed by atoms with Crippen molar-refractivity contribution in [3.63, 3.8) is 0 Å². The summed E-state index contributed by atoms with van der Waals surface area (Å²) in [5, 5.41) is 4.67. The van der Waals surface area contributed by atoms with Crippen molar-refractivity contribution in [3.8, 4) is 22.3 Å². The van der Waals surface area contributed by atoms with Gasteiger partial charge in [-0.25, -0.2) is 0 Å². The Morgan fingerprint density at radius 3 is 1.76 bits per heavy atom. The molecule has 11 rings (SSSR count). The Labute approximate surface area is 320 Å². The molecular weight excluding hydrogens is 667 g/mol. The molecule has 0 spiro atoms. The molecule has 2 nitrogen and oxygen atoms in total. The van der Waals surface area contributed by atoms with E-state index in [1.807, 2.05) is 12.1 Å². The molecule has 0 fully saturated rings. The number of nitrogens with zero attached hydrogens (tertiary/aromatic N) is 1. The van der Waals surface area contributed by atoms with Crippen LogP contribution >= 0.6 is 0 Å². The number of anilines is 3. The summed E-state index contributed by atoms with van der Waals surface area (Å²) < 4.78 is 6.17. The van der Waals surface area contributed by atoms with Crippen LogP contribution in [0.5, 0.6) is 0 Å². The molecule has 258 valence electrons. The fraction of sp³-hybridized carbons (Fsp3) is 0.0189. The summed E-state index contributed by atoms with van der Waals surface area (Å²) in [5.74, 6) is 0. The monoisotopic (exact) mass is 701 g/mol. The van der Waals surface area contributed by atoms with Crippen molar-refractivity contribution in [2.45, 2.75) is 5.41 Å². The van der Waals surface area contributed by atoms with Crippen molar-refractivity contribution in [2.75, 3.05) is 4.90 Å². The highest BCUT2D eigenvalue weighted by Gasteiger charge is 2.45. The van der Waals surface area contributed by atoms with Gasteiger partial charge in [-0.15, -0.1) is 0 Å². The van der Waals surface area contributed by atoms with Crippen molar-refractivity contribution in [1.29, 1.82) is 0 Å². The fourth-order valence-corrected chi connectivity index (χ4v) is 9.13. The number of hydrogen-bond acceptors (Lipinski definition) is 2. The molecule has 10 aromatic rings. The Hall–Kier alpha value is -7.16. The van der Waals surface area contributed by atoms with E-state index in [1.165, 1.54) is 44.2 Å². The van der Waals surface area contributed by atoms with Gasteiger partial charge in [0.1, 0.15) is 11.2 Å². The normalized spacial score (nSPS) is 12.9. The molecule has 0 saturated heterocycles. The summed E-state index contributed by atoms with van der Waals surface area (Å²) in [4.78, 5) is 2.41. The van der Waals surface area contributed by atoms with Gasteiger partial charge in [0, 0.05) is 27.5 Å². The second-order valence-corrected chi connectivity index (χ2v) is 14.4. The average Bonchev–Trinajstić information content (AvgIpc) is 3.78. The Kier molecular flexibility index (Phi) is 7.11. The molecule has 0 N–H and O–H groups in total. The summed E-state index contributed by atoms with van der Waals surface area (Å²) in [6, 6.07) is 77.1. The number of fused-ring (bicyclic) bond motifs is 7. The molecule has 0 unspecified atom stereocenters. The minimum atomic E-state index is -0.451. The number of hydrogen-bond donors (Lipinski definition) is 0. The smallest absolute Gasteiger partial charge is 0.135 e. The quantitative estimate of drug-likeness (QED) is 0.172. The molecular formula is C53H35NO. The van der Waals surface area contributed by atoms with Crippen LogP contribution in [0, 0.1) is 0 Å². The zero-order valence-corrected chi connectivity index (χ0v) is 30.1. The SMILES string of the molecule is c1ccc(C2(c3ccc(N(c4cccc(-c5ccc6oc7ccccc7c6c5)c4)c4cccc5ccccc45)cc3)c3ccccc3-c3ccccc32)cc1. The van der Waals surface area contributed by atoms with E-state index >= 15 is 0 Å². The van der Waals surface area contributed by atoms with Gasteiger partial charge in [0.05, 0.1) is 11.1 Å². The topological polar surface area (TPSA) is 16.4 Å². The predicted octanol–water partition coefficient (Wildman–Crippen LogP) is 14.2. The third kappa shape index (κ3) is 4.82. The Balaban J connectivity index is 1.10. The zero-order chi connectivity index (χ0) is 36.3. The number of furan rings is 1. The highest BCUT2D eigenvalue weighted by atomic mass is 16.3. The lowest BCUT2D eigenvalue weighted by molar-refractivity contribution is 0.669. The lowest BCUT2D eigenvalue weighted by atomic mass is 9.68. The van der Waals surface area contributed by atoms with Crippen LogP contribution in [0.2, 0.25) is 0 Å². The largest absolute Gasteiger partial charge is 0.456 e. The zero-order valence-electron chi connectivity index (χ0n) is 30.1. The first kappa shape index (κ1) is 31.4. The number of rotatable bonds is 6. The molecule has 0 aliphatic heterocycles. The van der Waals surface area contributed by atoms with E-state index in [9.17, 15) is 0 Å². The van der Waals surface area contributed by atoms with Crippen molar-refractivity contribution < 1.29 is 4.42 Å². The summed E-state index contributed by atoms with van der Waals surface area (Å²) in [7, 11) is 0. The molecule has 55 heavy (non-hydrogen) atoms. The maximum Gasteiger partial charge on any atom is 0.135 e. The molecule has 0 amide bonds. The lowest BCUT2D eigenvalue weighted by Gasteiger charge is -2.34. The Morgan fingerprint density at radius 2 is 0.964 bits per heavy atom. The minimum absolute atomic E-state index is 0.451. The van der Waals surface area contributed by atoms with E-state index < -0.39 is 5.41 Å². The second kappa shape index (κ2) is 12.5. The van der Waals surface area contributed by atoms with Crippen LogP contribution in [0.1, 0.15) is 22.3 Å².